The summed E-state index contributed by atoms with van der Waals surface area (Å²) in [7, 11) is -5.13. The molecular formula is C51H91O13P. The van der Waals surface area contributed by atoms with Crippen molar-refractivity contribution in [2.75, 3.05) is 13.2 Å². The lowest BCUT2D eigenvalue weighted by atomic mass is 9.85. The average Bonchev–Trinajstić information content (AvgIpc) is 3.29. The van der Waals surface area contributed by atoms with Crippen LogP contribution in [0.25, 0.3) is 0 Å². The standard InChI is InChI=1S/C51H91O13P/c1-3-5-7-9-11-13-15-17-19-21-22-24-25-27-29-31-33-35-37-39-44(52)61-41-43(42-62-65(59,60)64-51-49(57)47(55)46(54)48(56)50(51)58)63-45(53)40-38-36-34-32-30-28-26-23-20-18-16-14-12-10-8-6-4-2/h12,14,17-20,26,28,43,46-51,54-58H,3-11,13,15-16,21-25,27,29-42H2,1-2H3,(H,59,60)/b14-12+,19-17+,20-18+,28-26+/t43-,46?,47-,48?,49?,50?,51?/m0/s1. The zero-order valence-electron chi connectivity index (χ0n) is 40.3. The first-order valence-electron chi connectivity index (χ1n) is 25.4. The van der Waals surface area contributed by atoms with Crippen LogP contribution >= 0.6 is 7.82 Å². The maximum absolute atomic E-state index is 12.8. The molecule has 0 aromatic heterocycles. The van der Waals surface area contributed by atoms with Gasteiger partial charge >= 0.3 is 19.8 Å². The number of aliphatic hydroxyl groups is 5. The van der Waals surface area contributed by atoms with Crippen molar-refractivity contribution >= 4 is 19.8 Å². The highest BCUT2D eigenvalue weighted by molar-refractivity contribution is 7.47. The second kappa shape index (κ2) is 40.8. The Morgan fingerprint density at radius 3 is 1.31 bits per heavy atom. The second-order valence-corrected chi connectivity index (χ2v) is 19.1. The number of carbonyl (C=O) groups is 2. The summed E-state index contributed by atoms with van der Waals surface area (Å²) in [4.78, 5) is 35.8. The van der Waals surface area contributed by atoms with Gasteiger partial charge in [-0.3, -0.25) is 18.6 Å². The zero-order chi connectivity index (χ0) is 47.8. The largest absolute Gasteiger partial charge is 0.472 e. The maximum atomic E-state index is 12.8. The average molecular weight is 943 g/mol. The Bertz CT molecular complexity index is 1320. The number of hydrogen-bond acceptors (Lipinski definition) is 12. The molecule has 0 spiro atoms. The molecule has 0 radical (unpaired) electrons. The molecule has 6 N–H and O–H groups in total. The molecule has 0 aromatic rings. The van der Waals surface area contributed by atoms with E-state index in [0.29, 0.717) is 12.8 Å². The van der Waals surface area contributed by atoms with Crippen LogP contribution in [0, 0.1) is 0 Å². The van der Waals surface area contributed by atoms with E-state index in [0.717, 1.165) is 70.6 Å². The summed E-state index contributed by atoms with van der Waals surface area (Å²) in [6.45, 7) is 3.26. The van der Waals surface area contributed by atoms with E-state index in [1.54, 1.807) is 0 Å². The number of esters is 2. The summed E-state index contributed by atoms with van der Waals surface area (Å²) in [6.07, 6.45) is 35.8. The van der Waals surface area contributed by atoms with Crippen LogP contribution in [-0.4, -0.2) is 98.3 Å². The number of hydrogen-bond donors (Lipinski definition) is 6. The lowest BCUT2D eigenvalue weighted by Gasteiger charge is -2.41. The highest BCUT2D eigenvalue weighted by Gasteiger charge is 2.51. The van der Waals surface area contributed by atoms with Crippen LogP contribution in [0.2, 0.25) is 0 Å². The number of aliphatic hydroxyl groups excluding tert-OH is 5. The molecule has 1 rings (SSSR count). The Kier molecular flexibility index (Phi) is 38.2. The van der Waals surface area contributed by atoms with Crippen molar-refractivity contribution in [3.8, 4) is 0 Å². The first-order valence-corrected chi connectivity index (χ1v) is 26.9. The van der Waals surface area contributed by atoms with E-state index in [4.69, 9.17) is 18.5 Å². The van der Waals surface area contributed by atoms with Crippen LogP contribution in [0.5, 0.6) is 0 Å². The van der Waals surface area contributed by atoms with Crippen molar-refractivity contribution in [3.05, 3.63) is 48.6 Å². The first-order chi connectivity index (χ1) is 31.4. The molecule has 1 aliphatic carbocycles. The predicted molar refractivity (Wildman–Crippen MR) is 258 cm³/mol. The minimum absolute atomic E-state index is 0.0701. The van der Waals surface area contributed by atoms with E-state index >= 15 is 0 Å². The maximum Gasteiger partial charge on any atom is 0.472 e. The number of carbonyl (C=O) groups excluding carboxylic acids is 2. The second-order valence-electron chi connectivity index (χ2n) is 17.7. The quantitative estimate of drug-likeness (QED) is 0.0146. The fourth-order valence-corrected chi connectivity index (χ4v) is 8.50. The molecule has 13 nitrogen and oxygen atoms in total. The van der Waals surface area contributed by atoms with Crippen molar-refractivity contribution in [1.82, 2.24) is 0 Å². The predicted octanol–water partition coefficient (Wildman–Crippen LogP) is 10.7. The van der Waals surface area contributed by atoms with Gasteiger partial charge in [0.15, 0.2) is 6.10 Å². The van der Waals surface area contributed by atoms with Gasteiger partial charge in [0.2, 0.25) is 0 Å². The Balaban J connectivity index is 2.42. The number of rotatable bonds is 42. The van der Waals surface area contributed by atoms with E-state index in [-0.39, 0.29) is 12.8 Å². The molecule has 1 saturated carbocycles. The van der Waals surface area contributed by atoms with Crippen LogP contribution in [-0.2, 0) is 32.7 Å². The van der Waals surface area contributed by atoms with E-state index < -0.39 is 75.7 Å². The van der Waals surface area contributed by atoms with Crippen molar-refractivity contribution < 1.29 is 63.1 Å². The SMILES string of the molecule is CCCCC/C=C/C/C=C/C/C=C/CCCCCCC(=O)O[C@@H](COC(=O)CCCCCCCCCCC/C=C/CCCCCCCC)COP(=O)(O)OC1C(O)C(O)C(O)[C@H](O)C1O. The molecule has 0 aromatic carbocycles. The van der Waals surface area contributed by atoms with Gasteiger partial charge in [-0.1, -0.05) is 165 Å². The molecule has 0 aliphatic heterocycles. The van der Waals surface area contributed by atoms with Gasteiger partial charge in [0.25, 0.3) is 0 Å². The van der Waals surface area contributed by atoms with Gasteiger partial charge in [-0.05, 0) is 77.0 Å². The number of phosphoric ester groups is 1. The third-order valence-corrected chi connectivity index (χ3v) is 12.6. The third kappa shape index (κ3) is 33.0. The van der Waals surface area contributed by atoms with Crippen molar-refractivity contribution in [1.29, 1.82) is 0 Å². The molecule has 0 saturated heterocycles. The van der Waals surface area contributed by atoms with Gasteiger partial charge < -0.3 is 39.9 Å². The zero-order valence-corrected chi connectivity index (χ0v) is 41.2. The van der Waals surface area contributed by atoms with Gasteiger partial charge in [0.1, 0.15) is 43.2 Å². The topological polar surface area (TPSA) is 210 Å². The van der Waals surface area contributed by atoms with Crippen LogP contribution in [0.3, 0.4) is 0 Å². The van der Waals surface area contributed by atoms with Crippen molar-refractivity contribution in [2.24, 2.45) is 0 Å². The molecule has 1 aliphatic rings. The summed E-state index contributed by atoms with van der Waals surface area (Å²) in [5.41, 5.74) is 0. The number of allylic oxidation sites excluding steroid dienone is 8. The molecule has 0 amide bonds. The van der Waals surface area contributed by atoms with Crippen molar-refractivity contribution in [3.63, 3.8) is 0 Å². The molecule has 0 bridgehead atoms. The summed E-state index contributed by atoms with van der Waals surface area (Å²) in [5, 5.41) is 50.2. The fraction of sp³-hybridized carbons (Fsp3) is 0.804. The Morgan fingerprint density at radius 1 is 0.477 bits per heavy atom. The lowest BCUT2D eigenvalue weighted by molar-refractivity contribution is -0.220. The van der Waals surface area contributed by atoms with Gasteiger partial charge in [-0.15, -0.1) is 0 Å². The summed E-state index contributed by atoms with van der Waals surface area (Å²) in [5.74, 6) is -1.12. The van der Waals surface area contributed by atoms with Crippen molar-refractivity contribution in [2.45, 2.75) is 249 Å². The van der Waals surface area contributed by atoms with Gasteiger partial charge in [-0.2, -0.15) is 0 Å². The van der Waals surface area contributed by atoms with Crippen LogP contribution < -0.4 is 0 Å². The highest BCUT2D eigenvalue weighted by atomic mass is 31.2. The summed E-state index contributed by atoms with van der Waals surface area (Å²) < 4.78 is 33.6. The van der Waals surface area contributed by atoms with Gasteiger partial charge in [-0.25, -0.2) is 4.57 Å². The molecule has 6 unspecified atom stereocenters. The number of unbranched alkanes of at least 4 members (excludes halogenated alkanes) is 22. The number of phosphoric acid groups is 1. The van der Waals surface area contributed by atoms with Crippen LogP contribution in [0.1, 0.15) is 206 Å². The monoisotopic (exact) mass is 943 g/mol. The molecule has 65 heavy (non-hydrogen) atoms. The Hall–Kier alpha value is -2.19. The third-order valence-electron chi connectivity index (χ3n) is 11.6. The van der Waals surface area contributed by atoms with Gasteiger partial charge in [0, 0.05) is 12.8 Å². The minimum Gasteiger partial charge on any atom is -0.462 e. The smallest absolute Gasteiger partial charge is 0.462 e. The summed E-state index contributed by atoms with van der Waals surface area (Å²) >= 11 is 0. The first kappa shape index (κ1) is 60.8. The minimum atomic E-state index is -5.13. The van der Waals surface area contributed by atoms with E-state index in [2.05, 4.69) is 62.5 Å². The van der Waals surface area contributed by atoms with E-state index in [1.165, 1.54) is 96.3 Å². The van der Waals surface area contributed by atoms with Crippen LogP contribution in [0.4, 0.5) is 0 Å². The Labute approximate surface area is 392 Å². The fourth-order valence-electron chi connectivity index (χ4n) is 7.52. The van der Waals surface area contributed by atoms with Gasteiger partial charge in [0.05, 0.1) is 6.61 Å². The van der Waals surface area contributed by atoms with E-state index in [9.17, 15) is 44.6 Å². The molecule has 8 atom stereocenters. The molecule has 0 heterocycles. The van der Waals surface area contributed by atoms with Crippen LogP contribution in [0.15, 0.2) is 48.6 Å². The molecule has 14 heteroatoms. The summed E-state index contributed by atoms with van der Waals surface area (Å²) in [6, 6.07) is 0. The molecular weight excluding hydrogens is 852 g/mol. The highest BCUT2D eigenvalue weighted by Crippen LogP contribution is 2.47. The van der Waals surface area contributed by atoms with E-state index in [1.807, 2.05) is 0 Å². The number of ether oxygens (including phenoxy) is 2. The lowest BCUT2D eigenvalue weighted by Crippen LogP contribution is -2.64. The Morgan fingerprint density at radius 2 is 0.831 bits per heavy atom. The molecule has 1 fully saturated rings. The molecule has 378 valence electrons. The normalized spacial score (nSPS) is 21.8.